The molecule has 35 heavy (non-hydrogen) atoms. The average molecular weight is 475 g/mol. The zero-order chi connectivity index (χ0) is 25.1. The standard InChI is InChI=1S/C28H30N2O5/c1-27(2,3)35-26(33)29-28(15-16-30(17-18-31)25(28)32)22-11-13-23(14-12-22)34-19-21-9-6-8-20-7-4-5-10-24(20)21/h4-14,18H,15-17,19H2,1-3H3,(H,29,33). The molecule has 7 nitrogen and oxygen atoms in total. The van der Waals surface area contributed by atoms with E-state index in [0.717, 1.165) is 16.3 Å². The molecular formula is C28H30N2O5. The fourth-order valence-corrected chi connectivity index (χ4v) is 4.39. The average Bonchev–Trinajstić information content (AvgIpc) is 3.13. The molecule has 4 rings (SSSR count). The van der Waals surface area contributed by atoms with Gasteiger partial charge in [0, 0.05) is 13.0 Å². The Morgan fingerprint density at radius 2 is 1.77 bits per heavy atom. The van der Waals surface area contributed by atoms with Crippen LogP contribution in [0.3, 0.4) is 0 Å². The van der Waals surface area contributed by atoms with Gasteiger partial charge >= 0.3 is 6.09 Å². The SMILES string of the molecule is CC(C)(C)OC(=O)NC1(c2ccc(OCc3cccc4ccccc34)cc2)CCN(CC=O)C1=O. The van der Waals surface area contributed by atoms with Crippen LogP contribution in [0.4, 0.5) is 4.79 Å². The summed E-state index contributed by atoms with van der Waals surface area (Å²) in [6.45, 7) is 6.01. The minimum Gasteiger partial charge on any atom is -0.489 e. The summed E-state index contributed by atoms with van der Waals surface area (Å²) in [5, 5.41) is 5.08. The van der Waals surface area contributed by atoms with Crippen LogP contribution in [0.1, 0.15) is 38.3 Å². The number of amides is 2. The van der Waals surface area contributed by atoms with Gasteiger partial charge in [-0.2, -0.15) is 0 Å². The van der Waals surface area contributed by atoms with E-state index in [0.29, 0.717) is 37.2 Å². The third-order valence-corrected chi connectivity index (χ3v) is 6.04. The normalized spacial score (nSPS) is 17.9. The number of likely N-dealkylation sites (tertiary alicyclic amines) is 1. The van der Waals surface area contributed by atoms with E-state index in [2.05, 4.69) is 23.5 Å². The number of benzene rings is 3. The van der Waals surface area contributed by atoms with Gasteiger partial charge in [-0.05, 0) is 54.8 Å². The number of nitrogens with one attached hydrogen (secondary N) is 1. The van der Waals surface area contributed by atoms with Crippen LogP contribution in [0, 0.1) is 0 Å². The Morgan fingerprint density at radius 1 is 1.06 bits per heavy atom. The first-order chi connectivity index (χ1) is 16.7. The third-order valence-electron chi connectivity index (χ3n) is 6.04. The molecule has 1 fully saturated rings. The van der Waals surface area contributed by atoms with Gasteiger partial charge in [0.1, 0.15) is 29.8 Å². The number of fused-ring (bicyclic) bond motifs is 1. The van der Waals surface area contributed by atoms with Gasteiger partial charge in [0.25, 0.3) is 5.91 Å². The molecule has 0 spiro atoms. The number of ether oxygens (including phenoxy) is 2. The summed E-state index contributed by atoms with van der Waals surface area (Å²) in [5.41, 5.74) is -0.334. The largest absolute Gasteiger partial charge is 0.489 e. The Balaban J connectivity index is 1.55. The molecule has 1 saturated heterocycles. The molecule has 1 aliphatic rings. The molecule has 0 aromatic heterocycles. The quantitative estimate of drug-likeness (QED) is 0.507. The Kier molecular flexibility index (Phi) is 6.78. The molecule has 0 bridgehead atoms. The van der Waals surface area contributed by atoms with Crippen molar-refractivity contribution in [3.63, 3.8) is 0 Å². The van der Waals surface area contributed by atoms with Crippen LogP contribution in [0.15, 0.2) is 66.7 Å². The summed E-state index contributed by atoms with van der Waals surface area (Å²) < 4.78 is 11.5. The van der Waals surface area contributed by atoms with Gasteiger partial charge < -0.3 is 24.5 Å². The first kappa shape index (κ1) is 24.3. The molecule has 0 saturated carbocycles. The van der Waals surface area contributed by atoms with Crippen molar-refractivity contribution in [2.75, 3.05) is 13.1 Å². The predicted molar refractivity (Wildman–Crippen MR) is 133 cm³/mol. The highest BCUT2D eigenvalue weighted by Gasteiger charge is 2.49. The molecule has 3 aromatic rings. The summed E-state index contributed by atoms with van der Waals surface area (Å²) in [5.74, 6) is 0.309. The highest BCUT2D eigenvalue weighted by Crippen LogP contribution is 2.35. The van der Waals surface area contributed by atoms with Crippen LogP contribution in [0.25, 0.3) is 10.8 Å². The van der Waals surface area contributed by atoms with Crippen LogP contribution in [0.2, 0.25) is 0 Å². The Bertz CT molecular complexity index is 1230. The summed E-state index contributed by atoms with van der Waals surface area (Å²) in [6.07, 6.45) is 0.330. The lowest BCUT2D eigenvalue weighted by atomic mass is 9.88. The van der Waals surface area contributed by atoms with E-state index in [4.69, 9.17) is 9.47 Å². The Labute approximate surface area is 205 Å². The molecule has 7 heteroatoms. The monoisotopic (exact) mass is 474 g/mol. The van der Waals surface area contributed by atoms with E-state index in [1.165, 1.54) is 4.90 Å². The maximum absolute atomic E-state index is 13.3. The Hall–Kier alpha value is -3.87. The number of carbonyl (C=O) groups excluding carboxylic acids is 3. The molecule has 1 unspecified atom stereocenters. The van der Waals surface area contributed by atoms with Crippen molar-refractivity contribution >= 4 is 29.1 Å². The molecule has 2 amide bonds. The van der Waals surface area contributed by atoms with Crippen molar-refractivity contribution in [2.45, 2.75) is 44.9 Å². The van der Waals surface area contributed by atoms with Gasteiger partial charge in [0.2, 0.25) is 0 Å². The van der Waals surface area contributed by atoms with Gasteiger partial charge in [-0.15, -0.1) is 0 Å². The number of hydrogen-bond acceptors (Lipinski definition) is 5. The van der Waals surface area contributed by atoms with Crippen molar-refractivity contribution in [2.24, 2.45) is 0 Å². The molecular weight excluding hydrogens is 444 g/mol. The zero-order valence-electron chi connectivity index (χ0n) is 20.2. The van der Waals surface area contributed by atoms with E-state index in [1.54, 1.807) is 45.0 Å². The lowest BCUT2D eigenvalue weighted by Crippen LogP contribution is -2.53. The van der Waals surface area contributed by atoms with E-state index < -0.39 is 17.2 Å². The van der Waals surface area contributed by atoms with Crippen LogP contribution in [-0.4, -0.2) is 41.9 Å². The lowest BCUT2D eigenvalue weighted by molar-refractivity contribution is -0.135. The molecule has 1 N–H and O–H groups in total. The maximum Gasteiger partial charge on any atom is 0.408 e. The second-order valence-corrected chi connectivity index (χ2v) is 9.65. The Morgan fingerprint density at radius 3 is 2.49 bits per heavy atom. The summed E-state index contributed by atoms with van der Waals surface area (Å²) >= 11 is 0. The van der Waals surface area contributed by atoms with Gasteiger partial charge in [-0.25, -0.2) is 4.79 Å². The van der Waals surface area contributed by atoms with Crippen molar-refractivity contribution < 1.29 is 23.9 Å². The molecule has 1 atom stereocenters. The number of nitrogens with zero attached hydrogens (tertiary/aromatic N) is 1. The van der Waals surface area contributed by atoms with Crippen molar-refractivity contribution in [1.29, 1.82) is 0 Å². The number of carbonyl (C=O) groups is 3. The molecule has 0 aliphatic carbocycles. The van der Waals surface area contributed by atoms with Gasteiger partial charge in [-0.3, -0.25) is 4.79 Å². The van der Waals surface area contributed by atoms with E-state index in [-0.39, 0.29) is 12.5 Å². The van der Waals surface area contributed by atoms with Crippen LogP contribution in [-0.2, 0) is 26.5 Å². The van der Waals surface area contributed by atoms with Crippen LogP contribution in [0.5, 0.6) is 5.75 Å². The first-order valence-corrected chi connectivity index (χ1v) is 11.7. The summed E-state index contributed by atoms with van der Waals surface area (Å²) in [7, 11) is 0. The smallest absolute Gasteiger partial charge is 0.408 e. The zero-order valence-corrected chi connectivity index (χ0v) is 20.2. The highest BCUT2D eigenvalue weighted by atomic mass is 16.6. The molecule has 3 aromatic carbocycles. The van der Waals surface area contributed by atoms with Crippen LogP contribution >= 0.6 is 0 Å². The first-order valence-electron chi connectivity index (χ1n) is 11.7. The minimum absolute atomic E-state index is 0.0250. The molecule has 0 radical (unpaired) electrons. The lowest BCUT2D eigenvalue weighted by Gasteiger charge is -2.31. The minimum atomic E-state index is -1.31. The third kappa shape index (κ3) is 5.29. The summed E-state index contributed by atoms with van der Waals surface area (Å²) in [4.78, 5) is 38.4. The van der Waals surface area contributed by atoms with E-state index in [9.17, 15) is 14.4 Å². The van der Waals surface area contributed by atoms with Crippen molar-refractivity contribution in [3.05, 3.63) is 77.9 Å². The van der Waals surface area contributed by atoms with E-state index >= 15 is 0 Å². The van der Waals surface area contributed by atoms with Gasteiger partial charge in [0.15, 0.2) is 0 Å². The number of alkyl carbamates (subject to hydrolysis) is 1. The van der Waals surface area contributed by atoms with Crippen molar-refractivity contribution in [1.82, 2.24) is 10.2 Å². The molecule has 1 heterocycles. The fourth-order valence-electron chi connectivity index (χ4n) is 4.39. The highest BCUT2D eigenvalue weighted by molar-refractivity contribution is 5.94. The van der Waals surface area contributed by atoms with E-state index in [1.807, 2.05) is 24.3 Å². The molecule has 182 valence electrons. The van der Waals surface area contributed by atoms with Crippen molar-refractivity contribution in [3.8, 4) is 5.75 Å². The topological polar surface area (TPSA) is 84.9 Å². The van der Waals surface area contributed by atoms with Crippen LogP contribution < -0.4 is 10.1 Å². The number of rotatable bonds is 7. The second kappa shape index (κ2) is 9.78. The van der Waals surface area contributed by atoms with Gasteiger partial charge in [-0.1, -0.05) is 54.6 Å². The summed E-state index contributed by atoms with van der Waals surface area (Å²) in [6, 6.07) is 21.4. The fraction of sp³-hybridized carbons (Fsp3) is 0.321. The number of hydrogen-bond donors (Lipinski definition) is 1. The maximum atomic E-state index is 13.3. The molecule has 1 aliphatic heterocycles. The van der Waals surface area contributed by atoms with Gasteiger partial charge in [0.05, 0.1) is 6.54 Å². The second-order valence-electron chi connectivity index (χ2n) is 9.65. The predicted octanol–water partition coefficient (Wildman–Crippen LogP) is 4.57. The number of aldehydes is 1.